The number of rotatable bonds is 4. The molecule has 2 heterocycles. The molecule has 0 radical (unpaired) electrons. The van der Waals surface area contributed by atoms with Gasteiger partial charge in [-0.3, -0.25) is 19.7 Å². The van der Waals surface area contributed by atoms with Crippen LogP contribution in [0.2, 0.25) is 0 Å². The third kappa shape index (κ3) is 4.14. The zero-order valence-corrected chi connectivity index (χ0v) is 17.9. The van der Waals surface area contributed by atoms with E-state index in [4.69, 9.17) is 5.73 Å². The van der Waals surface area contributed by atoms with Crippen molar-refractivity contribution in [1.82, 2.24) is 15.5 Å². The topological polar surface area (TPSA) is 134 Å². The van der Waals surface area contributed by atoms with Gasteiger partial charge in [0.2, 0.25) is 11.8 Å². The van der Waals surface area contributed by atoms with Crippen molar-refractivity contribution in [1.29, 1.82) is 0 Å². The second kappa shape index (κ2) is 7.99. The number of hydrogen-bond acceptors (Lipinski definition) is 5. The maximum absolute atomic E-state index is 12.8. The molecule has 5 amide bonds. The lowest BCUT2D eigenvalue weighted by atomic mass is 9.94. The summed E-state index contributed by atoms with van der Waals surface area (Å²) in [5.41, 5.74) is 8.41. The maximum Gasteiger partial charge on any atom is 0.319 e. The first-order chi connectivity index (χ1) is 15.1. The van der Waals surface area contributed by atoms with Crippen molar-refractivity contribution in [3.05, 3.63) is 59.2 Å². The van der Waals surface area contributed by atoms with Crippen molar-refractivity contribution >= 4 is 35.1 Å². The average Bonchev–Trinajstić information content (AvgIpc) is 3.03. The molecule has 0 bridgehead atoms. The highest BCUT2D eigenvalue weighted by molar-refractivity contribution is 6.05. The largest absolute Gasteiger partial charge is 0.399 e. The van der Waals surface area contributed by atoms with Gasteiger partial charge < -0.3 is 21.3 Å². The molecule has 1 atom stereocenters. The molecule has 2 aliphatic rings. The van der Waals surface area contributed by atoms with Crippen LogP contribution in [0.3, 0.4) is 0 Å². The molecule has 32 heavy (non-hydrogen) atoms. The molecule has 0 aromatic heterocycles. The van der Waals surface area contributed by atoms with E-state index in [2.05, 4.69) is 16.0 Å². The number of nitrogens with two attached hydrogens (primary N) is 1. The fourth-order valence-corrected chi connectivity index (χ4v) is 4.10. The first-order valence-corrected chi connectivity index (χ1v) is 10.4. The van der Waals surface area contributed by atoms with Gasteiger partial charge in [-0.2, -0.15) is 0 Å². The number of hydrogen-bond donors (Lipinski definition) is 4. The normalized spacial score (nSPS) is 18.2. The fourth-order valence-electron chi connectivity index (χ4n) is 4.10. The van der Waals surface area contributed by atoms with Gasteiger partial charge in [-0.15, -0.1) is 0 Å². The molecular formula is C23H25N5O4. The average molecular weight is 435 g/mol. The van der Waals surface area contributed by atoms with Crippen LogP contribution >= 0.6 is 0 Å². The summed E-state index contributed by atoms with van der Waals surface area (Å²) in [6, 6.07) is 11.3. The van der Waals surface area contributed by atoms with Gasteiger partial charge >= 0.3 is 6.03 Å². The number of carbonyl (C=O) groups is 4. The van der Waals surface area contributed by atoms with Crippen molar-refractivity contribution in [3.8, 4) is 0 Å². The Morgan fingerprint density at radius 3 is 2.66 bits per heavy atom. The summed E-state index contributed by atoms with van der Waals surface area (Å²) in [7, 11) is 0. The standard InChI is InChI=1S/C23H25N5O4/c1-23(2,14-4-3-5-15(24)11-14)27-22(32)25-16-6-7-17-13(10-16)12-28(21(17)31)18-8-9-19(29)26-20(18)30/h3-7,10-11,18H,8-9,12,24H2,1-2H3,(H2,25,27,32)(H,26,29,30). The third-order valence-corrected chi connectivity index (χ3v) is 5.82. The minimum Gasteiger partial charge on any atom is -0.399 e. The van der Waals surface area contributed by atoms with Gasteiger partial charge in [-0.05, 0) is 61.7 Å². The van der Waals surface area contributed by atoms with Gasteiger partial charge in [0.1, 0.15) is 6.04 Å². The summed E-state index contributed by atoms with van der Waals surface area (Å²) in [6.07, 6.45) is 0.503. The monoisotopic (exact) mass is 435 g/mol. The van der Waals surface area contributed by atoms with Crippen LogP contribution in [0.1, 0.15) is 48.2 Å². The van der Waals surface area contributed by atoms with Crippen LogP contribution in [-0.2, 0) is 21.7 Å². The van der Waals surface area contributed by atoms with Crippen molar-refractivity contribution in [2.75, 3.05) is 11.1 Å². The molecule has 166 valence electrons. The van der Waals surface area contributed by atoms with E-state index in [1.165, 1.54) is 4.90 Å². The van der Waals surface area contributed by atoms with E-state index in [0.717, 1.165) is 5.56 Å². The van der Waals surface area contributed by atoms with Gasteiger partial charge in [-0.1, -0.05) is 12.1 Å². The van der Waals surface area contributed by atoms with E-state index in [1.807, 2.05) is 32.0 Å². The number of nitrogen functional groups attached to an aromatic ring is 1. The highest BCUT2D eigenvalue weighted by Gasteiger charge is 2.39. The molecule has 0 spiro atoms. The Hall–Kier alpha value is -3.88. The number of urea groups is 1. The van der Waals surface area contributed by atoms with Crippen LogP contribution in [0.4, 0.5) is 16.2 Å². The van der Waals surface area contributed by atoms with Crippen molar-refractivity contribution in [2.45, 2.75) is 44.8 Å². The number of fused-ring (bicyclic) bond motifs is 1. The van der Waals surface area contributed by atoms with Crippen molar-refractivity contribution in [2.24, 2.45) is 0 Å². The van der Waals surface area contributed by atoms with E-state index >= 15 is 0 Å². The quantitative estimate of drug-likeness (QED) is 0.431. The Bertz CT molecular complexity index is 1130. The van der Waals surface area contributed by atoms with Crippen molar-refractivity contribution < 1.29 is 19.2 Å². The molecule has 4 rings (SSSR count). The molecular weight excluding hydrogens is 410 g/mol. The zero-order chi connectivity index (χ0) is 23.0. The highest BCUT2D eigenvalue weighted by atomic mass is 16.2. The Morgan fingerprint density at radius 1 is 1.16 bits per heavy atom. The first kappa shape index (κ1) is 21.4. The van der Waals surface area contributed by atoms with Crippen LogP contribution in [0.5, 0.6) is 0 Å². The first-order valence-electron chi connectivity index (χ1n) is 10.4. The Balaban J connectivity index is 1.44. The number of amides is 5. The minimum absolute atomic E-state index is 0.201. The number of anilines is 2. The van der Waals surface area contributed by atoms with Gasteiger partial charge in [0, 0.05) is 29.9 Å². The molecule has 9 nitrogen and oxygen atoms in total. The lowest BCUT2D eigenvalue weighted by Crippen LogP contribution is -2.52. The van der Waals surface area contributed by atoms with Gasteiger partial charge in [0.25, 0.3) is 5.91 Å². The van der Waals surface area contributed by atoms with E-state index in [9.17, 15) is 19.2 Å². The predicted molar refractivity (Wildman–Crippen MR) is 119 cm³/mol. The summed E-state index contributed by atoms with van der Waals surface area (Å²) in [6.45, 7) is 3.99. The number of carbonyl (C=O) groups excluding carboxylic acids is 4. The number of imide groups is 1. The smallest absolute Gasteiger partial charge is 0.319 e. The third-order valence-electron chi connectivity index (χ3n) is 5.82. The molecule has 2 aromatic rings. The molecule has 2 aliphatic heterocycles. The molecule has 1 fully saturated rings. The van der Waals surface area contributed by atoms with E-state index in [0.29, 0.717) is 28.9 Å². The molecule has 5 N–H and O–H groups in total. The van der Waals surface area contributed by atoms with Crippen LogP contribution in [0.25, 0.3) is 0 Å². The van der Waals surface area contributed by atoms with Gasteiger partial charge in [0.05, 0.1) is 5.54 Å². The number of nitrogens with one attached hydrogen (secondary N) is 3. The summed E-state index contributed by atoms with van der Waals surface area (Å²) in [5.74, 6) is -1.04. The SMILES string of the molecule is CC(C)(NC(=O)Nc1ccc2c(c1)CN(C1CCC(=O)NC1=O)C2=O)c1cccc(N)c1. The minimum atomic E-state index is -0.675. The molecule has 0 aliphatic carbocycles. The van der Waals surface area contributed by atoms with Gasteiger partial charge in [0.15, 0.2) is 0 Å². The highest BCUT2D eigenvalue weighted by Crippen LogP contribution is 2.29. The molecule has 1 saturated heterocycles. The summed E-state index contributed by atoms with van der Waals surface area (Å²) in [4.78, 5) is 50.4. The Kier molecular flexibility index (Phi) is 5.33. The summed E-state index contributed by atoms with van der Waals surface area (Å²) in [5, 5.41) is 8.01. The summed E-state index contributed by atoms with van der Waals surface area (Å²) < 4.78 is 0. The van der Waals surface area contributed by atoms with E-state index in [1.54, 1.807) is 24.3 Å². The van der Waals surface area contributed by atoms with Crippen LogP contribution in [-0.4, -0.2) is 34.7 Å². The lowest BCUT2D eigenvalue weighted by Gasteiger charge is -2.29. The lowest BCUT2D eigenvalue weighted by molar-refractivity contribution is -0.136. The Morgan fingerprint density at radius 2 is 1.94 bits per heavy atom. The fraction of sp³-hybridized carbons (Fsp3) is 0.304. The molecule has 0 saturated carbocycles. The number of piperidine rings is 1. The Labute approximate surface area is 185 Å². The number of nitrogens with zero attached hydrogens (tertiary/aromatic N) is 1. The molecule has 2 aromatic carbocycles. The second-order valence-corrected chi connectivity index (χ2v) is 8.60. The van der Waals surface area contributed by atoms with Crippen LogP contribution in [0.15, 0.2) is 42.5 Å². The van der Waals surface area contributed by atoms with Crippen molar-refractivity contribution in [3.63, 3.8) is 0 Å². The maximum atomic E-state index is 12.8. The second-order valence-electron chi connectivity index (χ2n) is 8.60. The molecule has 9 heteroatoms. The van der Waals surface area contributed by atoms with Crippen LogP contribution < -0.4 is 21.7 Å². The predicted octanol–water partition coefficient (Wildman–Crippen LogP) is 2.09. The van der Waals surface area contributed by atoms with Crippen LogP contribution in [0, 0.1) is 0 Å². The number of benzene rings is 2. The van der Waals surface area contributed by atoms with Gasteiger partial charge in [-0.25, -0.2) is 4.79 Å². The molecule has 1 unspecified atom stereocenters. The zero-order valence-electron chi connectivity index (χ0n) is 17.9. The van der Waals surface area contributed by atoms with E-state index in [-0.39, 0.29) is 24.8 Å². The summed E-state index contributed by atoms with van der Waals surface area (Å²) >= 11 is 0. The van der Waals surface area contributed by atoms with E-state index < -0.39 is 23.5 Å².